The van der Waals surface area contributed by atoms with Gasteiger partial charge < -0.3 is 43.0 Å². The van der Waals surface area contributed by atoms with Crippen molar-refractivity contribution in [3.05, 3.63) is 170 Å². The van der Waals surface area contributed by atoms with E-state index in [1.807, 2.05) is 48.5 Å². The summed E-state index contributed by atoms with van der Waals surface area (Å²) < 4.78 is 22.2. The molecule has 346 valence electrons. The van der Waals surface area contributed by atoms with E-state index in [9.17, 15) is 0 Å². The molecule has 2 aliphatic rings. The third kappa shape index (κ3) is 17.6. The molecule has 2 fully saturated rings. The first-order valence-electron chi connectivity index (χ1n) is 21.4. The van der Waals surface area contributed by atoms with Gasteiger partial charge in [0.15, 0.2) is 0 Å². The number of hydrogen-bond acceptors (Lipinski definition) is 8. The van der Waals surface area contributed by atoms with Crippen molar-refractivity contribution >= 4 is 107 Å². The maximum absolute atomic E-state index is 5.96. The van der Waals surface area contributed by atoms with Gasteiger partial charge in [0, 0.05) is 0 Å². The predicted molar refractivity (Wildman–Crippen MR) is 286 cm³/mol. The van der Waals surface area contributed by atoms with Crippen molar-refractivity contribution in [2.45, 2.75) is 63.6 Å². The zero-order chi connectivity index (χ0) is 43.6. The summed E-state index contributed by atoms with van der Waals surface area (Å²) in [5, 5.41) is 7.97. The fourth-order valence-electron chi connectivity index (χ4n) is 7.75. The second-order valence-electron chi connectivity index (χ2n) is 15.3. The van der Waals surface area contributed by atoms with Gasteiger partial charge in [-0.05, 0) is 144 Å². The van der Waals surface area contributed by atoms with Gasteiger partial charge in [-0.1, -0.05) is 122 Å². The van der Waals surface area contributed by atoms with E-state index in [0.29, 0.717) is 0 Å². The third-order valence-corrected chi connectivity index (χ3v) is 23.8. The molecule has 8 rings (SSSR count). The molecule has 0 saturated heterocycles. The van der Waals surface area contributed by atoms with Crippen molar-refractivity contribution in [2.24, 2.45) is 0 Å². The molecule has 0 spiro atoms. The minimum absolute atomic E-state index is 0. The van der Waals surface area contributed by atoms with Gasteiger partial charge >= 0.3 is 44.8 Å². The Balaban J connectivity index is 0.000000218. The van der Waals surface area contributed by atoms with Crippen LogP contribution in [0.2, 0.25) is 0 Å². The monoisotopic (exact) mass is 1370 g/mol. The molecule has 4 nitrogen and oxygen atoms in total. The first-order valence-corrected chi connectivity index (χ1v) is 32.2. The Morgan fingerprint density at radius 1 is 0.438 bits per heavy atom. The fourth-order valence-corrected chi connectivity index (χ4v) is 19.3. The van der Waals surface area contributed by atoms with Crippen LogP contribution in [0.3, 0.4) is 0 Å². The van der Waals surface area contributed by atoms with Gasteiger partial charge in [0.2, 0.25) is 0 Å². The Kier molecular flexibility index (Phi) is 25.5. The van der Waals surface area contributed by atoms with Gasteiger partial charge in [-0.25, -0.2) is 0 Å². The molecule has 14 heteroatoms. The molecule has 2 atom stereocenters. The predicted octanol–water partition coefficient (Wildman–Crippen LogP) is 11.0. The molecule has 0 aromatic heterocycles. The smallest absolute Gasteiger partial charge is 0.715 e. The van der Waals surface area contributed by atoms with Crippen molar-refractivity contribution < 1.29 is 63.3 Å². The van der Waals surface area contributed by atoms with E-state index >= 15 is 0 Å². The number of methoxy groups -OCH3 is 2. The molecule has 0 aliphatic heterocycles. The summed E-state index contributed by atoms with van der Waals surface area (Å²) in [5.41, 5.74) is -4.53. The zero-order valence-corrected chi connectivity index (χ0v) is 47.5. The zero-order valence-electron chi connectivity index (χ0n) is 36.2. The Bertz CT molecular complexity index is 2050. The van der Waals surface area contributed by atoms with E-state index < -0.39 is 26.8 Å². The summed E-state index contributed by atoms with van der Waals surface area (Å²) >= 11 is 22.0. The minimum atomic E-state index is -2.26. The van der Waals surface area contributed by atoms with Crippen LogP contribution in [0.15, 0.2) is 170 Å². The molecule has 0 heterocycles. The quantitative estimate of drug-likeness (QED) is 0.0572. The first kappa shape index (κ1) is 55.8. The summed E-state index contributed by atoms with van der Waals surface area (Å²) in [6.07, 6.45) is 12.4. The van der Waals surface area contributed by atoms with Crippen LogP contribution < -0.4 is 41.3 Å². The van der Waals surface area contributed by atoms with E-state index in [4.69, 9.17) is 66.6 Å². The van der Waals surface area contributed by atoms with Crippen molar-refractivity contribution in [3.63, 3.8) is 0 Å². The largest absolute Gasteiger partial charge is 1.00 e. The van der Waals surface area contributed by atoms with Crippen LogP contribution in [0, 0.1) is 0 Å². The molecule has 0 radical (unpaired) electrons. The molecule has 0 amide bonds. The van der Waals surface area contributed by atoms with E-state index in [2.05, 4.69) is 121 Å². The van der Waals surface area contributed by atoms with E-state index in [1.54, 1.807) is 14.2 Å². The molecule has 2 saturated carbocycles. The summed E-state index contributed by atoms with van der Waals surface area (Å²) in [7, 11) is 1.73. The van der Waals surface area contributed by atoms with Crippen molar-refractivity contribution in [1.82, 2.24) is 0 Å². The Hall–Kier alpha value is -0.819. The van der Waals surface area contributed by atoms with Crippen LogP contribution in [0.5, 0.6) is 11.5 Å². The molecular formula is C50H58Au2O4P4S4+2. The molecule has 0 bridgehead atoms. The van der Waals surface area contributed by atoms with Gasteiger partial charge in [-0.15, -0.1) is 0 Å². The summed E-state index contributed by atoms with van der Waals surface area (Å²) in [5.74, 6) is 1.64. The van der Waals surface area contributed by atoms with E-state index in [0.717, 1.165) is 47.8 Å². The summed E-state index contributed by atoms with van der Waals surface area (Å²) in [6, 6.07) is 59.8. The SMILES string of the molecule is COc1ccc(P(=S)([S-])OC2CCCC2)cc1.COc1ccc(P(=S)([S-])OC2CCCC2)cc1.[Au+].[Au+].c1ccc([PH+](CC[PH+](c2ccccc2)c2ccccc2)c2ccccc2)cc1. The van der Waals surface area contributed by atoms with Gasteiger partial charge in [0.05, 0.1) is 63.5 Å². The molecule has 2 unspecified atom stereocenters. The van der Waals surface area contributed by atoms with Crippen LogP contribution in [-0.2, 0) is 102 Å². The standard InChI is InChI=1S/C26H24P2.2C12H17O2PS2.2Au/c1-5-13-23(14-6-1)27(24-15-7-2-8-16-24)21-22-28(25-17-9-3-10-18-25)26-19-11-4-12-20-26;2*1-13-10-6-8-12(9-7-10)15(16,17)14-11-4-2-3-5-11;;/h1-20H,21-22H2;2*6-9,11H,2-5H2,1H3,(H,16,17);;/q;;;2*+1. The second-order valence-corrected chi connectivity index (χ2v) is 31.6. The second kappa shape index (κ2) is 29.3. The number of rotatable bonds is 15. The van der Waals surface area contributed by atoms with Crippen LogP contribution >= 0.6 is 26.8 Å². The Morgan fingerprint density at radius 2 is 0.688 bits per heavy atom. The number of ether oxygens (including phenoxy) is 2. The molecule has 6 aromatic carbocycles. The number of hydrogen-bond donors (Lipinski definition) is 0. The summed E-state index contributed by atoms with van der Waals surface area (Å²) in [4.78, 5) is 0. The first-order chi connectivity index (χ1) is 30.1. The van der Waals surface area contributed by atoms with E-state index in [1.165, 1.54) is 59.2 Å². The Labute approximate surface area is 437 Å². The van der Waals surface area contributed by atoms with Crippen molar-refractivity contribution in [2.75, 3.05) is 26.5 Å². The number of benzene rings is 6. The van der Waals surface area contributed by atoms with Crippen LogP contribution in [0.25, 0.3) is 0 Å². The summed E-state index contributed by atoms with van der Waals surface area (Å²) in [6.45, 7) is 0. The van der Waals surface area contributed by atoms with E-state index in [-0.39, 0.29) is 57.0 Å². The van der Waals surface area contributed by atoms with Crippen molar-refractivity contribution in [3.8, 4) is 11.5 Å². The maximum Gasteiger partial charge on any atom is 1.00 e. The normalized spacial score (nSPS) is 15.5. The van der Waals surface area contributed by atoms with Crippen molar-refractivity contribution in [1.29, 1.82) is 0 Å². The average molecular weight is 1370 g/mol. The minimum Gasteiger partial charge on any atom is -0.715 e. The van der Waals surface area contributed by atoms with Crippen LogP contribution in [0.1, 0.15) is 51.4 Å². The molecular weight excluding hydrogens is 1310 g/mol. The van der Waals surface area contributed by atoms with Crippen LogP contribution in [0.4, 0.5) is 0 Å². The topological polar surface area (TPSA) is 36.9 Å². The molecule has 2 aliphatic carbocycles. The Morgan fingerprint density at radius 3 is 0.922 bits per heavy atom. The van der Waals surface area contributed by atoms with Gasteiger partial charge in [-0.3, -0.25) is 0 Å². The molecule has 0 N–H and O–H groups in total. The molecule has 6 aromatic rings. The maximum atomic E-state index is 5.96. The van der Waals surface area contributed by atoms with Gasteiger partial charge in [0.1, 0.15) is 23.8 Å². The molecule has 64 heavy (non-hydrogen) atoms. The van der Waals surface area contributed by atoms with Gasteiger partial charge in [-0.2, -0.15) is 0 Å². The van der Waals surface area contributed by atoms with Crippen LogP contribution in [-0.4, -0.2) is 38.8 Å². The fraction of sp³-hybridized carbons (Fsp3) is 0.280. The third-order valence-electron chi connectivity index (χ3n) is 11.1. The van der Waals surface area contributed by atoms with Gasteiger partial charge in [0.25, 0.3) is 0 Å². The average Bonchev–Trinajstić information content (AvgIpc) is 4.04.